The van der Waals surface area contributed by atoms with Crippen LogP contribution in [0.3, 0.4) is 0 Å². The Labute approximate surface area is 172 Å². The topological polar surface area (TPSA) is 87.2 Å². The van der Waals surface area contributed by atoms with E-state index in [1.165, 1.54) is 18.2 Å². The van der Waals surface area contributed by atoms with E-state index in [9.17, 15) is 14.0 Å². The van der Waals surface area contributed by atoms with Gasteiger partial charge in [0.15, 0.2) is 0 Å². The SMILES string of the molecule is C=CC(=O)Nc1ccc(C(=O)N2CC[C@H](Nc3ncc4ccc(F)cc4n3)C2)cc1. The average molecular weight is 405 g/mol. The molecule has 2 N–H and O–H groups in total. The maximum absolute atomic E-state index is 13.4. The zero-order chi connectivity index (χ0) is 21.1. The Morgan fingerprint density at radius 1 is 1.20 bits per heavy atom. The summed E-state index contributed by atoms with van der Waals surface area (Å²) in [5.74, 6) is -0.321. The van der Waals surface area contributed by atoms with Crippen molar-refractivity contribution in [2.24, 2.45) is 0 Å². The molecule has 4 rings (SSSR count). The van der Waals surface area contributed by atoms with Gasteiger partial charge in [-0.3, -0.25) is 9.59 Å². The molecular formula is C22H20FN5O2. The molecule has 0 radical (unpaired) electrons. The van der Waals surface area contributed by atoms with Crippen molar-refractivity contribution in [1.82, 2.24) is 14.9 Å². The fourth-order valence-electron chi connectivity index (χ4n) is 3.38. The minimum atomic E-state index is -0.347. The van der Waals surface area contributed by atoms with Crippen LogP contribution in [0.1, 0.15) is 16.8 Å². The van der Waals surface area contributed by atoms with Gasteiger partial charge < -0.3 is 15.5 Å². The molecule has 0 aliphatic carbocycles. The largest absolute Gasteiger partial charge is 0.350 e. The first-order chi connectivity index (χ1) is 14.5. The fraction of sp³-hybridized carbons (Fsp3) is 0.182. The molecule has 0 spiro atoms. The first kappa shape index (κ1) is 19.5. The Balaban J connectivity index is 1.38. The monoisotopic (exact) mass is 405 g/mol. The van der Waals surface area contributed by atoms with E-state index in [-0.39, 0.29) is 23.7 Å². The highest BCUT2D eigenvalue weighted by Gasteiger charge is 2.27. The van der Waals surface area contributed by atoms with Crippen molar-refractivity contribution in [3.05, 3.63) is 72.7 Å². The molecule has 8 heteroatoms. The van der Waals surface area contributed by atoms with Gasteiger partial charge in [-0.05, 0) is 48.9 Å². The van der Waals surface area contributed by atoms with E-state index in [0.717, 1.165) is 11.8 Å². The maximum Gasteiger partial charge on any atom is 0.253 e. The lowest BCUT2D eigenvalue weighted by molar-refractivity contribution is -0.111. The van der Waals surface area contributed by atoms with Crippen molar-refractivity contribution in [3.8, 4) is 0 Å². The van der Waals surface area contributed by atoms with Crippen molar-refractivity contribution < 1.29 is 14.0 Å². The molecule has 1 fully saturated rings. The number of nitrogens with one attached hydrogen (secondary N) is 2. The minimum Gasteiger partial charge on any atom is -0.350 e. The van der Waals surface area contributed by atoms with Gasteiger partial charge in [0.05, 0.1) is 5.52 Å². The first-order valence-corrected chi connectivity index (χ1v) is 9.53. The summed E-state index contributed by atoms with van der Waals surface area (Å²) in [6.45, 7) is 4.52. The highest BCUT2D eigenvalue weighted by molar-refractivity contribution is 5.99. The number of fused-ring (bicyclic) bond motifs is 1. The third kappa shape index (κ3) is 4.27. The number of anilines is 2. The summed E-state index contributed by atoms with van der Waals surface area (Å²) in [5.41, 5.74) is 1.68. The van der Waals surface area contributed by atoms with Gasteiger partial charge in [0.2, 0.25) is 11.9 Å². The first-order valence-electron chi connectivity index (χ1n) is 9.53. The lowest BCUT2D eigenvalue weighted by Crippen LogP contribution is -2.31. The second-order valence-corrected chi connectivity index (χ2v) is 7.05. The number of amides is 2. The highest BCUT2D eigenvalue weighted by Crippen LogP contribution is 2.19. The van der Waals surface area contributed by atoms with E-state index in [0.29, 0.717) is 35.8 Å². The number of benzene rings is 2. The summed E-state index contributed by atoms with van der Waals surface area (Å²) in [4.78, 5) is 34.5. The Bertz CT molecular complexity index is 1120. The number of carbonyl (C=O) groups excluding carboxylic acids is 2. The second-order valence-electron chi connectivity index (χ2n) is 7.05. The lowest BCUT2D eigenvalue weighted by Gasteiger charge is -2.17. The van der Waals surface area contributed by atoms with Crippen molar-refractivity contribution in [1.29, 1.82) is 0 Å². The highest BCUT2D eigenvalue weighted by atomic mass is 19.1. The third-order valence-corrected chi connectivity index (χ3v) is 4.94. The van der Waals surface area contributed by atoms with Crippen LogP contribution in [0.4, 0.5) is 16.0 Å². The lowest BCUT2D eigenvalue weighted by atomic mass is 10.2. The van der Waals surface area contributed by atoms with Gasteiger partial charge in [-0.2, -0.15) is 0 Å². The Morgan fingerprint density at radius 2 is 2.00 bits per heavy atom. The van der Waals surface area contributed by atoms with Crippen molar-refractivity contribution in [3.63, 3.8) is 0 Å². The predicted octanol–water partition coefficient (Wildman–Crippen LogP) is 3.22. The van der Waals surface area contributed by atoms with E-state index in [2.05, 4.69) is 27.2 Å². The Kier molecular flexibility index (Phi) is 5.38. The van der Waals surface area contributed by atoms with E-state index < -0.39 is 0 Å². The summed E-state index contributed by atoms with van der Waals surface area (Å²) >= 11 is 0. The number of rotatable bonds is 5. The number of carbonyl (C=O) groups is 2. The van der Waals surface area contributed by atoms with Crippen LogP contribution in [0.25, 0.3) is 10.9 Å². The summed E-state index contributed by atoms with van der Waals surface area (Å²) in [6.07, 6.45) is 3.59. The van der Waals surface area contributed by atoms with Crippen LogP contribution in [-0.4, -0.2) is 45.8 Å². The third-order valence-electron chi connectivity index (χ3n) is 4.94. The van der Waals surface area contributed by atoms with Gasteiger partial charge in [-0.1, -0.05) is 6.58 Å². The molecule has 2 heterocycles. The van der Waals surface area contributed by atoms with Crippen molar-refractivity contribution in [2.45, 2.75) is 12.5 Å². The average Bonchev–Trinajstić information content (AvgIpc) is 3.22. The molecule has 152 valence electrons. The number of aromatic nitrogens is 2. The molecule has 1 aromatic heterocycles. The van der Waals surface area contributed by atoms with Gasteiger partial charge in [-0.15, -0.1) is 0 Å². The molecule has 1 aliphatic rings. The number of nitrogens with zero attached hydrogens (tertiary/aromatic N) is 3. The van der Waals surface area contributed by atoms with Gasteiger partial charge in [0.25, 0.3) is 5.91 Å². The molecule has 2 aromatic carbocycles. The van der Waals surface area contributed by atoms with Crippen molar-refractivity contribution in [2.75, 3.05) is 23.7 Å². The van der Waals surface area contributed by atoms with E-state index >= 15 is 0 Å². The zero-order valence-electron chi connectivity index (χ0n) is 16.1. The molecule has 0 unspecified atom stereocenters. The quantitative estimate of drug-likeness (QED) is 0.637. The Morgan fingerprint density at radius 3 is 2.77 bits per heavy atom. The number of hydrogen-bond acceptors (Lipinski definition) is 5. The van der Waals surface area contributed by atoms with Crippen LogP contribution < -0.4 is 10.6 Å². The summed E-state index contributed by atoms with van der Waals surface area (Å²) < 4.78 is 13.4. The molecule has 0 saturated carbocycles. The van der Waals surface area contributed by atoms with Crippen LogP contribution in [0, 0.1) is 5.82 Å². The van der Waals surface area contributed by atoms with Crippen LogP contribution in [0.2, 0.25) is 0 Å². The van der Waals surface area contributed by atoms with Crippen LogP contribution in [0.15, 0.2) is 61.3 Å². The van der Waals surface area contributed by atoms with Crippen LogP contribution in [-0.2, 0) is 4.79 Å². The van der Waals surface area contributed by atoms with Gasteiger partial charge in [0, 0.05) is 48.0 Å². The normalized spacial score (nSPS) is 15.8. The van der Waals surface area contributed by atoms with E-state index in [1.54, 1.807) is 41.4 Å². The van der Waals surface area contributed by atoms with Gasteiger partial charge in [0.1, 0.15) is 5.82 Å². The predicted molar refractivity (Wildman–Crippen MR) is 113 cm³/mol. The number of hydrogen-bond donors (Lipinski definition) is 2. The summed E-state index contributed by atoms with van der Waals surface area (Å²) in [6, 6.07) is 11.1. The second kappa shape index (κ2) is 8.28. The molecule has 7 nitrogen and oxygen atoms in total. The van der Waals surface area contributed by atoms with E-state index in [1.807, 2.05) is 0 Å². The summed E-state index contributed by atoms with van der Waals surface area (Å²) in [5, 5.41) is 6.64. The molecule has 30 heavy (non-hydrogen) atoms. The molecule has 1 atom stereocenters. The minimum absolute atomic E-state index is 0.00566. The number of halogens is 1. The van der Waals surface area contributed by atoms with Crippen LogP contribution >= 0.6 is 0 Å². The zero-order valence-corrected chi connectivity index (χ0v) is 16.1. The van der Waals surface area contributed by atoms with Gasteiger partial charge >= 0.3 is 0 Å². The molecule has 2 amide bonds. The number of likely N-dealkylation sites (tertiary alicyclic amines) is 1. The standard InChI is InChI=1S/C22H20FN5O2/c1-2-20(29)25-17-7-4-14(5-8-17)21(30)28-10-9-18(13-28)26-22-24-12-15-3-6-16(23)11-19(15)27-22/h2-8,11-12,18H,1,9-10,13H2,(H,25,29)(H,24,26,27)/t18-/m0/s1. The summed E-state index contributed by atoms with van der Waals surface area (Å²) in [7, 11) is 0. The smallest absolute Gasteiger partial charge is 0.253 e. The molecule has 1 aliphatic heterocycles. The molecule has 3 aromatic rings. The fourth-order valence-corrected chi connectivity index (χ4v) is 3.38. The molecular weight excluding hydrogens is 385 g/mol. The maximum atomic E-state index is 13.4. The van der Waals surface area contributed by atoms with Crippen molar-refractivity contribution >= 4 is 34.4 Å². The van der Waals surface area contributed by atoms with Gasteiger partial charge in [-0.25, -0.2) is 14.4 Å². The molecule has 0 bridgehead atoms. The molecule has 1 saturated heterocycles. The van der Waals surface area contributed by atoms with E-state index in [4.69, 9.17) is 0 Å². The Hall–Kier alpha value is -3.81. The van der Waals surface area contributed by atoms with Crippen LogP contribution in [0.5, 0.6) is 0 Å².